The molecule has 0 unspecified atom stereocenters. The number of aryl methyl sites for hydroxylation is 2. The van der Waals surface area contributed by atoms with Gasteiger partial charge in [-0.3, -0.25) is 19.3 Å². The van der Waals surface area contributed by atoms with Gasteiger partial charge in [0.25, 0.3) is 11.7 Å². The van der Waals surface area contributed by atoms with Crippen molar-refractivity contribution in [2.45, 2.75) is 33.6 Å². The molecule has 0 N–H and O–H groups in total. The monoisotopic (exact) mass is 289 g/mol. The van der Waals surface area contributed by atoms with Crippen molar-refractivity contribution < 1.29 is 19.1 Å². The second-order valence-electron chi connectivity index (χ2n) is 5.27. The summed E-state index contributed by atoms with van der Waals surface area (Å²) in [6, 6.07) is 3.61. The molecule has 1 aromatic carbocycles. The highest BCUT2D eigenvalue weighted by molar-refractivity contribution is 6.53. The Balaban J connectivity index is 2.21. The summed E-state index contributed by atoms with van der Waals surface area (Å²) < 4.78 is 5.06. The van der Waals surface area contributed by atoms with Crippen LogP contribution < -0.4 is 4.90 Å². The van der Waals surface area contributed by atoms with Crippen molar-refractivity contribution in [2.75, 3.05) is 18.1 Å². The lowest BCUT2D eigenvalue weighted by Gasteiger charge is -2.16. The molecule has 2 rings (SSSR count). The summed E-state index contributed by atoms with van der Waals surface area (Å²) in [5.74, 6) is -1.70. The van der Waals surface area contributed by atoms with Crippen LogP contribution >= 0.6 is 0 Å². The quantitative estimate of drug-likeness (QED) is 0.473. The van der Waals surface area contributed by atoms with Gasteiger partial charge in [0, 0.05) is 0 Å². The number of rotatable bonds is 5. The lowest BCUT2D eigenvalue weighted by molar-refractivity contribution is -0.142. The van der Waals surface area contributed by atoms with E-state index in [0.717, 1.165) is 24.0 Å². The summed E-state index contributed by atoms with van der Waals surface area (Å²) >= 11 is 0. The minimum atomic E-state index is -0.661. The number of Topliss-reactive ketones (excluding diaryl/α,β-unsaturated/α-hetero) is 1. The first-order valence-electron chi connectivity index (χ1n) is 7.08. The number of anilines is 1. The van der Waals surface area contributed by atoms with Gasteiger partial charge in [-0.25, -0.2) is 0 Å². The van der Waals surface area contributed by atoms with E-state index in [4.69, 9.17) is 4.74 Å². The van der Waals surface area contributed by atoms with Crippen LogP contribution in [0.1, 0.15) is 41.3 Å². The fourth-order valence-corrected chi connectivity index (χ4v) is 2.45. The molecule has 1 aromatic rings. The average molecular weight is 289 g/mol. The predicted octanol–water partition coefficient (Wildman–Crippen LogP) is 2.18. The molecular formula is C16H19NO4. The van der Waals surface area contributed by atoms with E-state index in [-0.39, 0.29) is 6.54 Å². The highest BCUT2D eigenvalue weighted by atomic mass is 16.5. The highest BCUT2D eigenvalue weighted by Crippen LogP contribution is 2.32. The van der Waals surface area contributed by atoms with Gasteiger partial charge in [0.15, 0.2) is 0 Å². The zero-order chi connectivity index (χ0) is 15.6. The van der Waals surface area contributed by atoms with E-state index in [1.165, 1.54) is 4.90 Å². The van der Waals surface area contributed by atoms with Gasteiger partial charge in [-0.15, -0.1) is 0 Å². The molecule has 112 valence electrons. The molecule has 1 amide bonds. The summed E-state index contributed by atoms with van der Waals surface area (Å²) in [6.07, 6.45) is 1.71. The van der Waals surface area contributed by atoms with E-state index in [2.05, 4.69) is 0 Å². The maximum Gasteiger partial charge on any atom is 0.326 e. The van der Waals surface area contributed by atoms with Gasteiger partial charge >= 0.3 is 5.97 Å². The minimum absolute atomic E-state index is 0.218. The Morgan fingerprint density at radius 3 is 2.62 bits per heavy atom. The van der Waals surface area contributed by atoms with E-state index in [0.29, 0.717) is 17.9 Å². The minimum Gasteiger partial charge on any atom is -0.464 e. The molecular weight excluding hydrogens is 270 g/mol. The SMILES string of the molecule is CCCCOC(=O)CN1C(=O)C(=O)c2c(C)cc(C)cc21. The summed E-state index contributed by atoms with van der Waals surface area (Å²) in [4.78, 5) is 37.1. The Kier molecular flexibility index (Phi) is 4.40. The van der Waals surface area contributed by atoms with Crippen molar-refractivity contribution in [1.29, 1.82) is 0 Å². The Hall–Kier alpha value is -2.17. The van der Waals surface area contributed by atoms with Crippen molar-refractivity contribution in [1.82, 2.24) is 0 Å². The first kappa shape index (κ1) is 15.2. The average Bonchev–Trinajstić information content (AvgIpc) is 2.64. The normalized spacial score (nSPS) is 13.6. The number of hydrogen-bond acceptors (Lipinski definition) is 4. The van der Waals surface area contributed by atoms with E-state index in [1.807, 2.05) is 19.9 Å². The van der Waals surface area contributed by atoms with E-state index in [1.54, 1.807) is 13.0 Å². The Bertz CT molecular complexity index is 607. The Labute approximate surface area is 123 Å². The van der Waals surface area contributed by atoms with Crippen molar-refractivity contribution in [3.05, 3.63) is 28.8 Å². The van der Waals surface area contributed by atoms with Crippen LogP contribution in [-0.4, -0.2) is 30.8 Å². The molecule has 0 aliphatic carbocycles. The zero-order valence-corrected chi connectivity index (χ0v) is 12.6. The molecule has 0 spiro atoms. The van der Waals surface area contributed by atoms with Gasteiger partial charge in [0.2, 0.25) is 0 Å². The molecule has 0 bridgehead atoms. The summed E-state index contributed by atoms with van der Waals surface area (Å²) in [5.41, 5.74) is 2.60. The third-order valence-electron chi connectivity index (χ3n) is 3.46. The van der Waals surface area contributed by atoms with Gasteiger partial charge < -0.3 is 4.74 Å². The van der Waals surface area contributed by atoms with Gasteiger partial charge in [-0.1, -0.05) is 19.4 Å². The van der Waals surface area contributed by atoms with Crippen molar-refractivity contribution in [2.24, 2.45) is 0 Å². The Morgan fingerprint density at radius 2 is 1.95 bits per heavy atom. The fourth-order valence-electron chi connectivity index (χ4n) is 2.45. The first-order chi connectivity index (χ1) is 9.95. The molecule has 1 heterocycles. The molecule has 1 aliphatic rings. The molecule has 0 radical (unpaired) electrons. The summed E-state index contributed by atoms with van der Waals surface area (Å²) in [7, 11) is 0. The van der Waals surface area contributed by atoms with Crippen LogP contribution in [0.15, 0.2) is 12.1 Å². The smallest absolute Gasteiger partial charge is 0.326 e. The second-order valence-corrected chi connectivity index (χ2v) is 5.27. The highest BCUT2D eigenvalue weighted by Gasteiger charge is 2.38. The number of unbranched alkanes of at least 4 members (excludes halogenated alkanes) is 1. The fraction of sp³-hybridized carbons (Fsp3) is 0.438. The number of carbonyl (C=O) groups excluding carboxylic acids is 3. The van der Waals surface area contributed by atoms with E-state index in [9.17, 15) is 14.4 Å². The maximum atomic E-state index is 12.1. The molecule has 5 nitrogen and oxygen atoms in total. The van der Waals surface area contributed by atoms with Gasteiger partial charge in [0.1, 0.15) is 6.54 Å². The number of benzene rings is 1. The zero-order valence-electron chi connectivity index (χ0n) is 12.6. The lowest BCUT2D eigenvalue weighted by atomic mass is 10.0. The number of hydrogen-bond donors (Lipinski definition) is 0. The first-order valence-corrected chi connectivity index (χ1v) is 7.08. The topological polar surface area (TPSA) is 63.7 Å². The standard InChI is InChI=1S/C16H19NO4/c1-4-5-6-21-13(18)9-17-12-8-10(2)7-11(3)14(12)15(19)16(17)20/h7-8H,4-6,9H2,1-3H3. The number of carbonyl (C=O) groups is 3. The van der Waals surface area contributed by atoms with Gasteiger partial charge in [-0.05, 0) is 37.5 Å². The van der Waals surface area contributed by atoms with E-state index < -0.39 is 17.7 Å². The number of ketones is 1. The summed E-state index contributed by atoms with van der Waals surface area (Å²) in [6.45, 7) is 5.80. The molecule has 5 heteroatoms. The number of esters is 1. The molecule has 0 saturated carbocycles. The molecule has 0 fully saturated rings. The van der Waals surface area contributed by atoms with Crippen molar-refractivity contribution in [3.8, 4) is 0 Å². The van der Waals surface area contributed by atoms with Crippen molar-refractivity contribution in [3.63, 3.8) is 0 Å². The van der Waals surface area contributed by atoms with Gasteiger partial charge in [0.05, 0.1) is 17.9 Å². The third kappa shape index (κ3) is 2.96. The number of fused-ring (bicyclic) bond motifs is 1. The molecule has 0 atom stereocenters. The van der Waals surface area contributed by atoms with Crippen LogP contribution in [0.3, 0.4) is 0 Å². The van der Waals surface area contributed by atoms with Crippen LogP contribution in [-0.2, 0) is 14.3 Å². The maximum absolute atomic E-state index is 12.1. The van der Waals surface area contributed by atoms with Crippen LogP contribution in [0.2, 0.25) is 0 Å². The molecule has 1 aliphatic heterocycles. The van der Waals surface area contributed by atoms with Gasteiger partial charge in [-0.2, -0.15) is 0 Å². The third-order valence-corrected chi connectivity index (χ3v) is 3.46. The number of nitrogens with zero attached hydrogens (tertiary/aromatic N) is 1. The van der Waals surface area contributed by atoms with Crippen molar-refractivity contribution >= 4 is 23.3 Å². The lowest BCUT2D eigenvalue weighted by Crippen LogP contribution is -2.35. The Morgan fingerprint density at radius 1 is 1.24 bits per heavy atom. The largest absolute Gasteiger partial charge is 0.464 e. The molecule has 0 saturated heterocycles. The predicted molar refractivity (Wildman–Crippen MR) is 78.5 cm³/mol. The number of ether oxygens (including phenoxy) is 1. The summed E-state index contributed by atoms with van der Waals surface area (Å²) in [5, 5.41) is 0. The second kappa shape index (κ2) is 6.08. The van der Waals surface area contributed by atoms with E-state index >= 15 is 0 Å². The molecule has 21 heavy (non-hydrogen) atoms. The molecule has 0 aromatic heterocycles. The number of amides is 1. The van der Waals surface area contributed by atoms with Crippen LogP contribution in [0.5, 0.6) is 0 Å². The van der Waals surface area contributed by atoms with Crippen LogP contribution in [0.4, 0.5) is 5.69 Å². The van der Waals surface area contributed by atoms with Crippen LogP contribution in [0, 0.1) is 13.8 Å². The van der Waals surface area contributed by atoms with Crippen LogP contribution in [0.25, 0.3) is 0 Å².